The van der Waals surface area contributed by atoms with E-state index in [4.69, 9.17) is 0 Å². The number of hydrogen-bond acceptors (Lipinski definition) is 3. The summed E-state index contributed by atoms with van der Waals surface area (Å²) in [6.07, 6.45) is 6.14. The molecular weight excluding hydrogens is 320 g/mol. The summed E-state index contributed by atoms with van der Waals surface area (Å²) in [5.74, 6) is 0.807. The fraction of sp³-hybridized carbons (Fsp3) is 0.600. The van der Waals surface area contributed by atoms with Crippen molar-refractivity contribution in [2.75, 3.05) is 0 Å². The Kier molecular flexibility index (Phi) is 5.54. The zero-order chi connectivity index (χ0) is 14.5. The van der Waals surface area contributed by atoms with E-state index >= 15 is 0 Å². The van der Waals surface area contributed by atoms with Crippen LogP contribution < -0.4 is 5.32 Å². The fourth-order valence-electron chi connectivity index (χ4n) is 2.82. The first-order valence-electron chi connectivity index (χ1n) is 7.22. The average molecular weight is 341 g/mol. The van der Waals surface area contributed by atoms with E-state index in [1.165, 1.54) is 32.1 Å². The maximum Gasteiger partial charge on any atom is 0.273 e. The molecule has 0 amide bonds. The third-order valence-corrected chi connectivity index (χ3v) is 4.57. The molecule has 1 saturated carbocycles. The van der Waals surface area contributed by atoms with Crippen molar-refractivity contribution in [2.24, 2.45) is 5.92 Å². The Morgan fingerprint density at radius 1 is 1.35 bits per heavy atom. The lowest BCUT2D eigenvalue weighted by atomic mass is 10.0. The van der Waals surface area contributed by atoms with E-state index in [0.717, 1.165) is 16.0 Å². The summed E-state index contributed by atoms with van der Waals surface area (Å²) < 4.78 is 0.884. The first kappa shape index (κ1) is 15.4. The number of nitrogens with zero attached hydrogens (tertiary/aromatic N) is 1. The maximum absolute atomic E-state index is 11.0. The van der Waals surface area contributed by atoms with E-state index < -0.39 is 0 Å². The molecule has 20 heavy (non-hydrogen) atoms. The van der Waals surface area contributed by atoms with E-state index in [1.807, 2.05) is 6.07 Å². The third kappa shape index (κ3) is 4.28. The molecule has 0 saturated heterocycles. The van der Waals surface area contributed by atoms with Crippen LogP contribution in [0.1, 0.15) is 44.6 Å². The molecule has 2 rings (SSSR count). The van der Waals surface area contributed by atoms with Crippen molar-refractivity contribution in [3.63, 3.8) is 0 Å². The van der Waals surface area contributed by atoms with E-state index in [-0.39, 0.29) is 10.6 Å². The van der Waals surface area contributed by atoms with Crippen molar-refractivity contribution >= 4 is 21.6 Å². The van der Waals surface area contributed by atoms with Gasteiger partial charge in [-0.15, -0.1) is 0 Å². The van der Waals surface area contributed by atoms with E-state index in [1.54, 1.807) is 12.1 Å². The van der Waals surface area contributed by atoms with Gasteiger partial charge in [0.05, 0.1) is 4.92 Å². The standard InChI is InChI=1S/C15H21BrN2O2/c1-11-3-2-4-14(7-5-11)17-10-12-9-13(16)6-8-15(12)18(19)20/h6,8-9,11,14,17H,2-5,7,10H2,1H3. The van der Waals surface area contributed by atoms with Crippen molar-refractivity contribution in [3.8, 4) is 0 Å². The second kappa shape index (κ2) is 7.18. The molecule has 110 valence electrons. The third-order valence-electron chi connectivity index (χ3n) is 4.08. The summed E-state index contributed by atoms with van der Waals surface area (Å²) in [5, 5.41) is 14.5. The van der Waals surface area contributed by atoms with Crippen LogP contribution in [0.3, 0.4) is 0 Å². The molecule has 4 nitrogen and oxygen atoms in total. The molecule has 1 aliphatic rings. The van der Waals surface area contributed by atoms with Gasteiger partial charge in [-0.1, -0.05) is 35.7 Å². The van der Waals surface area contributed by atoms with Crippen LogP contribution in [0.15, 0.2) is 22.7 Å². The molecule has 0 heterocycles. The highest BCUT2D eigenvalue weighted by atomic mass is 79.9. The lowest BCUT2D eigenvalue weighted by Gasteiger charge is -2.16. The van der Waals surface area contributed by atoms with Gasteiger partial charge in [-0.05, 0) is 37.3 Å². The topological polar surface area (TPSA) is 55.2 Å². The Morgan fingerprint density at radius 3 is 2.90 bits per heavy atom. The number of benzene rings is 1. The number of nitro groups is 1. The molecule has 0 aromatic heterocycles. The molecule has 1 aromatic rings. The Morgan fingerprint density at radius 2 is 2.15 bits per heavy atom. The van der Waals surface area contributed by atoms with Gasteiger partial charge in [-0.25, -0.2) is 0 Å². The van der Waals surface area contributed by atoms with Crippen LogP contribution >= 0.6 is 15.9 Å². The predicted octanol–water partition coefficient (Wildman–Crippen LogP) is 4.42. The molecule has 1 aliphatic carbocycles. The normalized spacial score (nSPS) is 23.3. The predicted molar refractivity (Wildman–Crippen MR) is 83.7 cm³/mol. The van der Waals surface area contributed by atoms with E-state index in [2.05, 4.69) is 28.2 Å². The SMILES string of the molecule is CC1CCCC(NCc2cc(Br)ccc2[N+](=O)[O-])CC1. The van der Waals surface area contributed by atoms with Crippen LogP contribution in [0.5, 0.6) is 0 Å². The van der Waals surface area contributed by atoms with Crippen molar-refractivity contribution in [3.05, 3.63) is 38.3 Å². The molecule has 0 bridgehead atoms. The van der Waals surface area contributed by atoms with Gasteiger partial charge in [0.1, 0.15) is 0 Å². The Balaban J connectivity index is 1.99. The maximum atomic E-state index is 11.0. The summed E-state index contributed by atoms with van der Waals surface area (Å²) in [6, 6.07) is 5.61. The van der Waals surface area contributed by atoms with Crippen molar-refractivity contribution in [1.29, 1.82) is 0 Å². The molecular formula is C15H21BrN2O2. The molecule has 5 heteroatoms. The quantitative estimate of drug-likeness (QED) is 0.501. The van der Waals surface area contributed by atoms with Gasteiger partial charge in [0.2, 0.25) is 0 Å². The van der Waals surface area contributed by atoms with Gasteiger partial charge in [0, 0.05) is 28.7 Å². The highest BCUT2D eigenvalue weighted by Gasteiger charge is 2.18. The number of hydrogen-bond donors (Lipinski definition) is 1. The van der Waals surface area contributed by atoms with Gasteiger partial charge in [0.15, 0.2) is 0 Å². The highest BCUT2D eigenvalue weighted by Crippen LogP contribution is 2.25. The second-order valence-corrected chi connectivity index (χ2v) is 6.64. The van der Waals surface area contributed by atoms with Gasteiger partial charge < -0.3 is 5.32 Å². The van der Waals surface area contributed by atoms with Crippen molar-refractivity contribution < 1.29 is 4.92 Å². The van der Waals surface area contributed by atoms with E-state index in [9.17, 15) is 10.1 Å². The highest BCUT2D eigenvalue weighted by molar-refractivity contribution is 9.10. The van der Waals surface area contributed by atoms with Crippen LogP contribution in [0.4, 0.5) is 5.69 Å². The van der Waals surface area contributed by atoms with Crippen LogP contribution in [-0.4, -0.2) is 11.0 Å². The summed E-state index contributed by atoms with van der Waals surface area (Å²) in [6.45, 7) is 2.87. The Hall–Kier alpha value is -0.940. The van der Waals surface area contributed by atoms with Crippen LogP contribution in [-0.2, 0) is 6.54 Å². The minimum atomic E-state index is -0.307. The van der Waals surface area contributed by atoms with Gasteiger partial charge in [-0.3, -0.25) is 10.1 Å². The first-order chi connectivity index (χ1) is 9.56. The minimum absolute atomic E-state index is 0.197. The molecule has 0 spiro atoms. The lowest BCUT2D eigenvalue weighted by molar-refractivity contribution is -0.385. The molecule has 0 radical (unpaired) electrons. The Bertz CT molecular complexity index is 479. The molecule has 1 N–H and O–H groups in total. The van der Waals surface area contributed by atoms with Crippen LogP contribution in [0.25, 0.3) is 0 Å². The number of rotatable bonds is 4. The minimum Gasteiger partial charge on any atom is -0.310 e. The Labute approximate surface area is 128 Å². The summed E-state index contributed by atoms with van der Waals surface area (Å²) in [7, 11) is 0. The molecule has 2 unspecified atom stereocenters. The summed E-state index contributed by atoms with van der Waals surface area (Å²) in [5.41, 5.74) is 0.948. The van der Waals surface area contributed by atoms with Gasteiger partial charge in [-0.2, -0.15) is 0 Å². The van der Waals surface area contributed by atoms with Crippen molar-refractivity contribution in [2.45, 2.75) is 51.6 Å². The second-order valence-electron chi connectivity index (χ2n) is 5.72. The smallest absolute Gasteiger partial charge is 0.273 e. The number of halogens is 1. The van der Waals surface area contributed by atoms with Crippen LogP contribution in [0.2, 0.25) is 0 Å². The van der Waals surface area contributed by atoms with Gasteiger partial charge >= 0.3 is 0 Å². The zero-order valence-electron chi connectivity index (χ0n) is 11.8. The number of nitro benzene ring substituents is 1. The summed E-state index contributed by atoms with van der Waals surface area (Å²) in [4.78, 5) is 10.7. The molecule has 1 fully saturated rings. The lowest BCUT2D eigenvalue weighted by Crippen LogP contribution is -2.28. The zero-order valence-corrected chi connectivity index (χ0v) is 13.4. The molecule has 2 atom stereocenters. The fourth-order valence-corrected chi connectivity index (χ4v) is 3.23. The first-order valence-corrected chi connectivity index (χ1v) is 8.01. The van der Waals surface area contributed by atoms with Crippen LogP contribution in [0, 0.1) is 16.0 Å². The average Bonchev–Trinajstić information content (AvgIpc) is 2.61. The van der Waals surface area contributed by atoms with E-state index in [0.29, 0.717) is 12.6 Å². The monoisotopic (exact) mass is 340 g/mol. The van der Waals surface area contributed by atoms with Gasteiger partial charge in [0.25, 0.3) is 5.69 Å². The number of nitrogens with one attached hydrogen (secondary N) is 1. The molecule has 0 aliphatic heterocycles. The molecule has 1 aromatic carbocycles. The summed E-state index contributed by atoms with van der Waals surface area (Å²) >= 11 is 3.38. The van der Waals surface area contributed by atoms with Crippen molar-refractivity contribution in [1.82, 2.24) is 5.32 Å². The largest absolute Gasteiger partial charge is 0.310 e.